The van der Waals surface area contributed by atoms with Crippen molar-refractivity contribution >= 4 is 65.6 Å². The molecular formula is C57H35N5O. The molecule has 0 saturated carbocycles. The first-order valence-electron chi connectivity index (χ1n) is 21.2. The maximum Gasteiger partial charge on any atom is 0.164 e. The molecule has 0 spiro atoms. The summed E-state index contributed by atoms with van der Waals surface area (Å²) in [6.45, 7) is 0. The van der Waals surface area contributed by atoms with Crippen molar-refractivity contribution in [2.45, 2.75) is 0 Å². The van der Waals surface area contributed by atoms with Crippen LogP contribution in [0.25, 0.3) is 122 Å². The normalized spacial score (nSPS) is 11.8. The molecule has 13 rings (SSSR count). The lowest BCUT2D eigenvalue weighted by molar-refractivity contribution is 0.671. The number of nitrogens with zero attached hydrogens (tertiary/aromatic N) is 5. The minimum atomic E-state index is 0.609. The number of rotatable bonds is 6. The van der Waals surface area contributed by atoms with Crippen molar-refractivity contribution in [1.29, 1.82) is 0 Å². The first-order chi connectivity index (χ1) is 31.2. The van der Waals surface area contributed by atoms with Crippen LogP contribution in [0, 0.1) is 0 Å². The molecule has 0 atom stereocenters. The lowest BCUT2D eigenvalue weighted by atomic mass is 10.0. The maximum atomic E-state index is 6.95. The van der Waals surface area contributed by atoms with Crippen LogP contribution in [0.15, 0.2) is 217 Å². The molecule has 0 amide bonds. The van der Waals surface area contributed by atoms with Crippen LogP contribution in [0.5, 0.6) is 0 Å². The van der Waals surface area contributed by atoms with Crippen molar-refractivity contribution in [2.24, 2.45) is 0 Å². The first kappa shape index (κ1) is 35.2. The lowest BCUT2D eigenvalue weighted by Gasteiger charge is -2.10. The third kappa shape index (κ3) is 5.62. The lowest BCUT2D eigenvalue weighted by Crippen LogP contribution is -2.00. The monoisotopic (exact) mass is 805 g/mol. The third-order valence-electron chi connectivity index (χ3n) is 12.4. The van der Waals surface area contributed by atoms with Crippen molar-refractivity contribution in [2.75, 3.05) is 0 Å². The third-order valence-corrected chi connectivity index (χ3v) is 12.4. The summed E-state index contributed by atoms with van der Waals surface area (Å²) in [5.41, 5.74) is 13.3. The second-order valence-electron chi connectivity index (χ2n) is 16.0. The summed E-state index contributed by atoms with van der Waals surface area (Å²) in [5, 5.41) is 6.79. The second-order valence-corrected chi connectivity index (χ2v) is 16.0. The van der Waals surface area contributed by atoms with E-state index in [1.54, 1.807) is 0 Å². The van der Waals surface area contributed by atoms with E-state index in [-0.39, 0.29) is 0 Å². The van der Waals surface area contributed by atoms with Gasteiger partial charge in [-0.15, -0.1) is 0 Å². The predicted octanol–water partition coefficient (Wildman–Crippen LogP) is 14.6. The number of hydrogen-bond acceptors (Lipinski definition) is 4. The van der Waals surface area contributed by atoms with Crippen LogP contribution >= 0.6 is 0 Å². The molecule has 13 aromatic rings. The average molecular weight is 806 g/mol. The largest absolute Gasteiger partial charge is 0.454 e. The molecule has 0 N–H and O–H groups in total. The average Bonchev–Trinajstić information content (AvgIpc) is 4.02. The van der Waals surface area contributed by atoms with E-state index in [4.69, 9.17) is 19.4 Å². The highest BCUT2D eigenvalue weighted by atomic mass is 16.3. The fourth-order valence-electron chi connectivity index (χ4n) is 9.44. The topological polar surface area (TPSA) is 61.7 Å². The Labute approximate surface area is 361 Å². The van der Waals surface area contributed by atoms with E-state index in [1.807, 2.05) is 60.7 Å². The number of furan rings is 1. The molecule has 0 aliphatic rings. The van der Waals surface area contributed by atoms with Gasteiger partial charge in [-0.2, -0.15) is 0 Å². The van der Waals surface area contributed by atoms with Gasteiger partial charge in [-0.1, -0.05) is 152 Å². The maximum absolute atomic E-state index is 6.95. The molecule has 0 saturated heterocycles. The molecule has 0 unspecified atom stereocenters. The molecule has 6 heteroatoms. The van der Waals surface area contributed by atoms with Crippen LogP contribution in [-0.4, -0.2) is 24.1 Å². The zero-order valence-corrected chi connectivity index (χ0v) is 33.9. The highest BCUT2D eigenvalue weighted by Gasteiger charge is 2.22. The standard InChI is InChI=1S/C57H35N5O/c1-5-15-36(16-6-1)39-26-31-50-47(33-39)43-23-13-14-24-49(43)61(50)42-27-32-52-48(35-42)46-30-29-45-44-28-25-40(34-51(44)62(53(45)54(46)63-52)41-21-11-4-12-22-41)57-59-55(37-17-7-2-8-18-37)58-56(60-57)38-19-9-3-10-20-38/h1-35H. The van der Waals surface area contributed by atoms with Crippen LogP contribution in [0.3, 0.4) is 0 Å². The molecule has 0 fully saturated rings. The predicted molar refractivity (Wildman–Crippen MR) is 258 cm³/mol. The molecular weight excluding hydrogens is 771 g/mol. The molecule has 0 radical (unpaired) electrons. The van der Waals surface area contributed by atoms with Crippen LogP contribution in [0.1, 0.15) is 0 Å². The van der Waals surface area contributed by atoms with Crippen LogP contribution < -0.4 is 0 Å². The van der Waals surface area contributed by atoms with Crippen LogP contribution in [-0.2, 0) is 0 Å². The Kier molecular flexibility index (Phi) is 7.80. The van der Waals surface area contributed by atoms with Gasteiger partial charge in [0.2, 0.25) is 0 Å². The zero-order valence-electron chi connectivity index (χ0n) is 33.9. The Morgan fingerprint density at radius 1 is 0.302 bits per heavy atom. The van der Waals surface area contributed by atoms with E-state index in [9.17, 15) is 0 Å². The molecule has 63 heavy (non-hydrogen) atoms. The molecule has 9 aromatic carbocycles. The van der Waals surface area contributed by atoms with Crippen molar-refractivity contribution in [3.05, 3.63) is 212 Å². The Hall–Kier alpha value is -8.61. The Balaban J connectivity index is 1.02. The molecule has 0 bridgehead atoms. The Morgan fingerprint density at radius 3 is 1.57 bits per heavy atom. The Morgan fingerprint density at radius 2 is 0.857 bits per heavy atom. The highest BCUT2D eigenvalue weighted by molar-refractivity contribution is 6.22. The van der Waals surface area contributed by atoms with Crippen molar-refractivity contribution < 1.29 is 4.42 Å². The highest BCUT2D eigenvalue weighted by Crippen LogP contribution is 2.43. The summed E-state index contributed by atoms with van der Waals surface area (Å²) in [6, 6.07) is 74.4. The van der Waals surface area contributed by atoms with E-state index >= 15 is 0 Å². The molecule has 0 aliphatic carbocycles. The molecule has 0 aliphatic heterocycles. The molecule has 4 heterocycles. The minimum Gasteiger partial charge on any atom is -0.454 e. The summed E-state index contributed by atoms with van der Waals surface area (Å²) >= 11 is 0. The SMILES string of the molecule is c1ccc(-c2ccc3c(c2)c2ccccc2n3-c2ccc3oc4c(ccc5c6ccc(-c7nc(-c8ccccc8)nc(-c8ccccc8)n7)cc6n(-c6ccccc6)c54)c3c2)cc1. The van der Waals surface area contributed by atoms with Crippen molar-refractivity contribution in [3.63, 3.8) is 0 Å². The van der Waals surface area contributed by atoms with Gasteiger partial charge in [-0.25, -0.2) is 15.0 Å². The number of hydrogen-bond donors (Lipinski definition) is 0. The Bertz CT molecular complexity index is 3830. The zero-order chi connectivity index (χ0) is 41.4. The van der Waals surface area contributed by atoms with Gasteiger partial charge in [0.25, 0.3) is 0 Å². The molecule has 6 nitrogen and oxygen atoms in total. The fraction of sp³-hybridized carbons (Fsp3) is 0. The van der Waals surface area contributed by atoms with E-state index in [0.717, 1.165) is 82.8 Å². The molecule has 294 valence electrons. The van der Waals surface area contributed by atoms with E-state index in [2.05, 4.69) is 161 Å². The van der Waals surface area contributed by atoms with E-state index < -0.39 is 0 Å². The van der Waals surface area contributed by atoms with Gasteiger partial charge in [0.05, 0.1) is 22.1 Å². The van der Waals surface area contributed by atoms with E-state index in [0.29, 0.717) is 17.5 Å². The van der Waals surface area contributed by atoms with Gasteiger partial charge in [-0.3, -0.25) is 0 Å². The smallest absolute Gasteiger partial charge is 0.164 e. The number of aromatic nitrogens is 5. The van der Waals surface area contributed by atoms with Gasteiger partial charge < -0.3 is 13.6 Å². The van der Waals surface area contributed by atoms with E-state index in [1.165, 1.54) is 21.9 Å². The van der Waals surface area contributed by atoms with Gasteiger partial charge in [0, 0.05) is 60.4 Å². The quantitative estimate of drug-likeness (QED) is 0.168. The summed E-state index contributed by atoms with van der Waals surface area (Å²) in [7, 11) is 0. The summed E-state index contributed by atoms with van der Waals surface area (Å²) < 4.78 is 11.7. The van der Waals surface area contributed by atoms with Gasteiger partial charge in [0.15, 0.2) is 23.1 Å². The van der Waals surface area contributed by atoms with Crippen LogP contribution in [0.2, 0.25) is 0 Å². The number of para-hydroxylation sites is 2. The summed E-state index contributed by atoms with van der Waals surface area (Å²) in [4.78, 5) is 15.1. The second kappa shape index (κ2) is 14.0. The summed E-state index contributed by atoms with van der Waals surface area (Å²) in [5.74, 6) is 1.87. The van der Waals surface area contributed by atoms with Gasteiger partial charge in [0.1, 0.15) is 5.58 Å². The number of fused-ring (bicyclic) bond motifs is 10. The van der Waals surface area contributed by atoms with Crippen molar-refractivity contribution in [3.8, 4) is 56.7 Å². The van der Waals surface area contributed by atoms with Gasteiger partial charge in [-0.05, 0) is 71.8 Å². The molecule has 4 aromatic heterocycles. The van der Waals surface area contributed by atoms with Crippen LogP contribution in [0.4, 0.5) is 0 Å². The number of benzene rings is 9. The first-order valence-corrected chi connectivity index (χ1v) is 21.2. The van der Waals surface area contributed by atoms with Gasteiger partial charge >= 0.3 is 0 Å². The minimum absolute atomic E-state index is 0.609. The fourth-order valence-corrected chi connectivity index (χ4v) is 9.44. The summed E-state index contributed by atoms with van der Waals surface area (Å²) in [6.07, 6.45) is 0. The van der Waals surface area contributed by atoms with Crippen molar-refractivity contribution in [1.82, 2.24) is 24.1 Å².